The maximum atomic E-state index is 13.5. The number of fused-ring (bicyclic) bond motifs is 5. The lowest BCUT2D eigenvalue weighted by Crippen LogP contribution is -2.14. The number of carbonyl (C=O) groups excluding carboxylic acids is 1. The molecule has 0 aliphatic rings. The van der Waals surface area contributed by atoms with E-state index in [4.69, 9.17) is 61.0 Å². The summed E-state index contributed by atoms with van der Waals surface area (Å²) in [5, 5.41) is 14.0. The number of methoxy groups -OCH3 is 2. The van der Waals surface area contributed by atoms with Crippen LogP contribution in [0.4, 0.5) is 52.7 Å². The number of rotatable bonds is 13. The number of H-pyrrole nitrogens is 3. The first kappa shape index (κ1) is 81.8. The maximum absolute atomic E-state index is 13.5. The lowest BCUT2D eigenvalue weighted by atomic mass is 9.95. The molecule has 0 saturated heterocycles. The van der Waals surface area contributed by atoms with Crippen molar-refractivity contribution in [3.8, 4) is 11.4 Å². The Labute approximate surface area is 667 Å². The first-order chi connectivity index (χ1) is 54.4. The number of hydrogen-bond donors (Lipinski definition) is 4. The molecule has 4 N–H and O–H groups in total. The molecule has 5 heterocycles. The number of aromatic nitrogens is 5. The average molecular weight is 1650 g/mol. The molecule has 26 heteroatoms. The minimum Gasteiger partial charge on any atom is -0.478 e. The fourth-order valence-corrected chi connectivity index (χ4v) is 14.5. The molecule has 11 aromatic carbocycles. The van der Waals surface area contributed by atoms with E-state index in [-0.39, 0.29) is 71.5 Å². The molecule has 1 unspecified atom stereocenters. The van der Waals surface area contributed by atoms with Crippen LogP contribution < -0.4 is 0 Å². The summed E-state index contributed by atoms with van der Waals surface area (Å²) in [6, 6.07) is 68.3. The van der Waals surface area contributed by atoms with E-state index in [2.05, 4.69) is 33.2 Å². The second kappa shape index (κ2) is 34.8. The fourth-order valence-electron chi connectivity index (χ4n) is 13.5. The van der Waals surface area contributed by atoms with Gasteiger partial charge in [-0.3, -0.25) is 0 Å². The van der Waals surface area contributed by atoms with Gasteiger partial charge in [-0.25, -0.2) is 9.59 Å². The number of aromatic carboxylic acids is 1. The zero-order valence-corrected chi connectivity index (χ0v) is 62.8. The summed E-state index contributed by atoms with van der Waals surface area (Å²) in [4.78, 5) is 32.0. The van der Waals surface area contributed by atoms with Crippen molar-refractivity contribution in [1.82, 2.24) is 24.1 Å². The number of hydrogen-bond acceptors (Lipinski definition) is 4. The molecule has 0 aliphatic heterocycles. The molecule has 0 bridgehead atoms. The minimum absolute atomic E-state index is 0. The fraction of sp³-hybridized carbons (Fsp3) is 0.114. The van der Waals surface area contributed by atoms with Gasteiger partial charge < -0.3 is 38.7 Å². The number of nitrogens with zero attached hydrogens (tertiary/aromatic N) is 2. The number of carboxylic acid groups (broad SMARTS) is 1. The van der Waals surface area contributed by atoms with Crippen molar-refractivity contribution < 1.29 is 81.1 Å². The van der Waals surface area contributed by atoms with E-state index in [0.29, 0.717) is 27.9 Å². The Kier molecular flexibility index (Phi) is 24.9. The summed E-state index contributed by atoms with van der Waals surface area (Å²) in [6.07, 6.45) is -9.76. The Balaban J connectivity index is 0.000000172. The third-order valence-corrected chi connectivity index (χ3v) is 20.2. The molecule has 16 aromatic rings. The van der Waals surface area contributed by atoms with Crippen LogP contribution in [-0.4, -0.2) is 55.4 Å². The number of benzene rings is 11. The van der Waals surface area contributed by atoms with Gasteiger partial charge in [0.1, 0.15) is 6.10 Å². The predicted molar refractivity (Wildman–Crippen MR) is 429 cm³/mol. The molecule has 588 valence electrons. The van der Waals surface area contributed by atoms with Crippen molar-refractivity contribution in [2.24, 2.45) is 0 Å². The molecule has 0 saturated carbocycles. The molecule has 5 aromatic heterocycles. The largest absolute Gasteiger partial charge is 0.478 e. The van der Waals surface area contributed by atoms with Crippen molar-refractivity contribution in [3.05, 3.63) is 378 Å². The number of aromatic amines is 3. The van der Waals surface area contributed by atoms with Gasteiger partial charge in [-0.1, -0.05) is 162 Å². The highest BCUT2D eigenvalue weighted by Crippen LogP contribution is 2.45. The molecule has 0 fully saturated rings. The van der Waals surface area contributed by atoms with E-state index in [0.717, 1.165) is 79.1 Å². The zero-order chi connectivity index (χ0) is 81.4. The summed E-state index contributed by atoms with van der Waals surface area (Å²) in [5.41, 5.74) is 6.55. The van der Waals surface area contributed by atoms with Crippen molar-refractivity contribution in [3.63, 3.8) is 0 Å². The van der Waals surface area contributed by atoms with Gasteiger partial charge in [0, 0.05) is 142 Å². The highest BCUT2D eigenvalue weighted by molar-refractivity contribution is 6.32. The number of esters is 1. The van der Waals surface area contributed by atoms with Gasteiger partial charge in [-0.05, 0) is 172 Å². The molecule has 114 heavy (non-hydrogen) atoms. The van der Waals surface area contributed by atoms with Crippen molar-refractivity contribution in [1.29, 1.82) is 0 Å². The number of alkyl halides is 12. The molecular formula is C88H69Cl4F12N5O5. The summed E-state index contributed by atoms with van der Waals surface area (Å²) >= 11 is 24.4. The van der Waals surface area contributed by atoms with E-state index >= 15 is 0 Å². The van der Waals surface area contributed by atoms with Crippen LogP contribution in [0, 0.1) is 0 Å². The van der Waals surface area contributed by atoms with Crippen molar-refractivity contribution >= 4 is 113 Å². The van der Waals surface area contributed by atoms with Crippen LogP contribution in [0.1, 0.15) is 97.9 Å². The molecule has 1 atom stereocenters. The van der Waals surface area contributed by atoms with Gasteiger partial charge in [0.15, 0.2) is 0 Å². The first-order valence-electron chi connectivity index (χ1n) is 34.7. The van der Waals surface area contributed by atoms with Crippen molar-refractivity contribution in [2.45, 2.75) is 50.1 Å². The van der Waals surface area contributed by atoms with Crippen LogP contribution in [0.5, 0.6) is 0 Å². The molecule has 0 spiro atoms. The lowest BCUT2D eigenvalue weighted by Gasteiger charge is -2.21. The zero-order valence-electron chi connectivity index (χ0n) is 59.8. The van der Waals surface area contributed by atoms with Crippen LogP contribution in [0.15, 0.2) is 280 Å². The summed E-state index contributed by atoms with van der Waals surface area (Å²) in [5.74, 6) is -1.47. The van der Waals surface area contributed by atoms with Gasteiger partial charge in [0.2, 0.25) is 0 Å². The lowest BCUT2D eigenvalue weighted by molar-refractivity contribution is -0.139. The topological polar surface area (TPSA) is 130 Å². The molecule has 0 amide bonds. The highest BCUT2D eigenvalue weighted by atomic mass is 35.5. The quantitative estimate of drug-likeness (QED) is 0.0675. The molecule has 0 radical (unpaired) electrons. The number of carboxylic acids is 1. The van der Waals surface area contributed by atoms with Crippen molar-refractivity contribution in [2.75, 3.05) is 14.2 Å². The monoisotopic (exact) mass is 1640 g/mol. The Hall–Kier alpha value is -11.7. The SMILES string of the molecule is COC(=O)c1ccc(-n2cc(Cc3c(Cl)cccc3C(F)(F)F)c3ccccc32)cc1.COC(c1c(Cl)cccc1C(F)(F)F)c1c[nH]c2ccccc12.FC(F)(F)c1cccc(Cl)c1Cc1c[nH]c2ccccc12.O=C(O)c1ccc(-n2cc(Cc3c(Cl)cccc3C(F)(F)F)c3ccccc32)cc1.[HH].[HH].[HH].c1ccc2[nH]ccc2c1. The number of carbonyl (C=O) groups is 2. The van der Waals surface area contributed by atoms with Gasteiger partial charge in [-0.15, -0.1) is 0 Å². The number of ether oxygens (including phenoxy) is 2. The van der Waals surface area contributed by atoms with Gasteiger partial charge in [-0.2, -0.15) is 52.7 Å². The van der Waals surface area contributed by atoms with Gasteiger partial charge in [0.05, 0.1) is 51.5 Å². The van der Waals surface area contributed by atoms with Crippen LogP contribution >= 0.6 is 46.4 Å². The molecule has 16 rings (SSSR count). The Bertz CT molecular complexity index is 6090. The van der Waals surface area contributed by atoms with E-state index in [9.17, 15) is 62.3 Å². The summed E-state index contributed by atoms with van der Waals surface area (Å²) in [6.45, 7) is 0. The second-order valence-electron chi connectivity index (χ2n) is 25.8. The molecular weight excluding hydrogens is 1580 g/mol. The summed E-state index contributed by atoms with van der Waals surface area (Å²) < 4.78 is 174. The van der Waals surface area contributed by atoms with Gasteiger partial charge >= 0.3 is 36.6 Å². The summed E-state index contributed by atoms with van der Waals surface area (Å²) in [7, 11) is 2.68. The standard InChI is InChI=1S/C24H17ClF3NO2.C23H15ClF3NO2.C17H13ClF3NO.C16H11ClF3N.C8H7N.3H2/c1-31-23(30)15-9-11-17(12-10-15)29-14-16(18-5-2-3-8-22(18)29)13-19-20(24(26,27)28)6-4-7-21(19)25;24-20-6-3-5-19(23(25,26)27)18(20)12-15-13-28(21-7-2-1-4-17(15)21)16-10-8-14(9-11-16)22(29)30;1-23-16(11-9-22-14-8-3-2-5-10(11)14)15-12(17(19,20)21)6-4-7-13(15)18;17-14-6-3-5-13(16(18,19)20)12(14)8-10-9-21-15-7-2-1-4-11(10)15;1-2-4-8-7(3-1)5-6-9-8;;;/h2-12,14H,13H2,1H3;1-11,13H,12H2,(H,29,30);2-9,16,22H,1H3;1-7,9,21H,8H2;1-6,9H;3*1H. The van der Waals surface area contributed by atoms with Crippen LogP contribution in [-0.2, 0) is 53.4 Å². The normalized spacial score (nSPS) is 12.0. The van der Waals surface area contributed by atoms with Crippen LogP contribution in [0.25, 0.3) is 65.9 Å². The van der Waals surface area contributed by atoms with E-state index in [1.165, 1.54) is 85.8 Å². The van der Waals surface area contributed by atoms with Gasteiger partial charge in [0.25, 0.3) is 0 Å². The van der Waals surface area contributed by atoms with Crippen LogP contribution in [0.3, 0.4) is 0 Å². The predicted octanol–water partition coefficient (Wildman–Crippen LogP) is 27.2. The van der Waals surface area contributed by atoms with Crippen LogP contribution in [0.2, 0.25) is 20.1 Å². The Morgan fingerprint density at radius 3 is 1.24 bits per heavy atom. The first-order valence-corrected chi connectivity index (χ1v) is 36.2. The van der Waals surface area contributed by atoms with E-state index < -0.39 is 65.0 Å². The highest BCUT2D eigenvalue weighted by Gasteiger charge is 2.39. The maximum Gasteiger partial charge on any atom is 0.416 e. The number of halogens is 16. The molecule has 0 aliphatic carbocycles. The van der Waals surface area contributed by atoms with E-state index in [1.807, 2.05) is 125 Å². The second-order valence-corrected chi connectivity index (χ2v) is 27.5. The Morgan fingerprint density at radius 2 is 0.789 bits per heavy atom. The number of para-hydroxylation sites is 5. The minimum atomic E-state index is -4.51. The smallest absolute Gasteiger partial charge is 0.416 e. The number of nitrogens with one attached hydrogen (secondary N) is 3. The third kappa shape index (κ3) is 18.5. The average Bonchev–Trinajstić information content (AvgIpc) is 1.72. The Morgan fingerprint density at radius 1 is 0.404 bits per heavy atom. The molecule has 10 nitrogen and oxygen atoms in total. The third-order valence-electron chi connectivity index (χ3n) is 18.8. The van der Waals surface area contributed by atoms with E-state index in [1.54, 1.807) is 61.2 Å².